The maximum atomic E-state index is 14.0. The number of aryl methyl sites for hydroxylation is 1. The Hall–Kier alpha value is -4.35. The highest BCUT2D eigenvalue weighted by Gasteiger charge is 2.52. The minimum absolute atomic E-state index is 0.0686. The minimum atomic E-state index is -0.838. The number of nitrogens with one attached hydrogen (secondary N) is 2. The van der Waals surface area contributed by atoms with Crippen molar-refractivity contribution in [3.05, 3.63) is 41.5 Å². The molecule has 2 heterocycles. The summed E-state index contributed by atoms with van der Waals surface area (Å²) in [6, 6.07) is 5.96. The van der Waals surface area contributed by atoms with Crippen LogP contribution in [0, 0.1) is 35.5 Å². The molecule has 2 aliphatic heterocycles. The number of aliphatic hydroxyl groups excluding tert-OH is 1. The number of likely N-dealkylation sites (tertiary alicyclic amines) is 1. The molecule has 3 fully saturated rings. The second-order valence-electron chi connectivity index (χ2n) is 16.6. The fourth-order valence-electron chi connectivity index (χ4n) is 8.98. The molecule has 14 heteroatoms. The maximum Gasteiger partial charge on any atom is 0.310 e. The molecule has 1 saturated heterocycles. The van der Waals surface area contributed by atoms with Gasteiger partial charge in [0, 0.05) is 69.6 Å². The van der Waals surface area contributed by atoms with Crippen molar-refractivity contribution in [3.63, 3.8) is 0 Å². The quantitative estimate of drug-likeness (QED) is 0.0389. The lowest BCUT2D eigenvalue weighted by Crippen LogP contribution is -2.41. The van der Waals surface area contributed by atoms with Gasteiger partial charge in [-0.3, -0.25) is 33.7 Å². The highest BCUT2D eigenvalue weighted by Crippen LogP contribution is 2.53. The number of thioether (sulfide) groups is 1. The van der Waals surface area contributed by atoms with E-state index in [0.29, 0.717) is 45.1 Å². The van der Waals surface area contributed by atoms with Crippen molar-refractivity contribution in [1.29, 1.82) is 0 Å². The van der Waals surface area contributed by atoms with Gasteiger partial charge in [0.05, 0.1) is 23.2 Å². The Morgan fingerprint density at radius 2 is 1.83 bits per heavy atom. The summed E-state index contributed by atoms with van der Waals surface area (Å²) < 4.78 is 12.9. The van der Waals surface area contributed by atoms with Crippen LogP contribution in [0.15, 0.2) is 30.4 Å². The van der Waals surface area contributed by atoms with Gasteiger partial charge in [-0.2, -0.15) is 0 Å². The number of hydrogen-bond acceptors (Lipinski definition) is 10. The molecule has 9 atom stereocenters. The molecule has 5 rings (SSSR count). The number of rotatable bonds is 22. The fraction of sp³-hybridized carbons (Fsp3) is 0.652. The molecule has 1 aromatic rings. The summed E-state index contributed by atoms with van der Waals surface area (Å²) in [5.41, 5.74) is 1.96. The summed E-state index contributed by atoms with van der Waals surface area (Å²) in [5, 5.41) is 25.4. The number of unbranched alkanes of at least 4 members (excludes halogenated alkanes) is 3. The van der Waals surface area contributed by atoms with Gasteiger partial charge < -0.3 is 30.3 Å². The van der Waals surface area contributed by atoms with Crippen LogP contribution in [0.2, 0.25) is 0 Å². The highest BCUT2D eigenvalue weighted by atomic mass is 32.2. The number of carboxylic acid groups (broad SMARTS) is 1. The smallest absolute Gasteiger partial charge is 0.310 e. The van der Waals surface area contributed by atoms with Crippen LogP contribution in [-0.4, -0.2) is 100 Å². The highest BCUT2D eigenvalue weighted by molar-refractivity contribution is 8.00. The zero-order chi connectivity index (χ0) is 43.2. The SMILES string of the molecule is CC#CC[C@@H](C)[C@H](O)/C=C/[C@@H]1[C@H]2c3cccc(CCCC(=O)O)c3O[C@H]2C[C@H]1OC(=O)[C@@H]1CCCC[C@@H]1C(=O)NCCCCCCSC1CC(=O)N(CCC(=O)NC)C1=O. The van der Waals surface area contributed by atoms with E-state index in [2.05, 4.69) is 22.5 Å². The van der Waals surface area contributed by atoms with E-state index in [0.717, 1.165) is 61.2 Å². The van der Waals surface area contributed by atoms with Gasteiger partial charge in [0.2, 0.25) is 23.6 Å². The average molecular weight is 850 g/mol. The van der Waals surface area contributed by atoms with E-state index < -0.39 is 35.3 Å². The first-order valence-electron chi connectivity index (χ1n) is 21.8. The molecule has 60 heavy (non-hydrogen) atoms. The lowest BCUT2D eigenvalue weighted by Gasteiger charge is -2.31. The number of aliphatic carboxylic acids is 1. The van der Waals surface area contributed by atoms with Crippen molar-refractivity contribution in [3.8, 4) is 17.6 Å². The summed E-state index contributed by atoms with van der Waals surface area (Å²) in [5.74, 6) is 3.91. The van der Waals surface area contributed by atoms with Crippen molar-refractivity contribution in [2.45, 2.75) is 140 Å². The molecule has 0 spiro atoms. The third-order valence-corrected chi connectivity index (χ3v) is 13.7. The van der Waals surface area contributed by atoms with Crippen molar-refractivity contribution in [2.24, 2.45) is 23.7 Å². The van der Waals surface area contributed by atoms with Crippen molar-refractivity contribution >= 4 is 47.3 Å². The molecule has 1 aromatic carbocycles. The van der Waals surface area contributed by atoms with Gasteiger partial charge in [-0.1, -0.05) is 63.0 Å². The zero-order valence-corrected chi connectivity index (χ0v) is 36.1. The number of para-hydroxylation sites is 1. The van der Waals surface area contributed by atoms with E-state index in [1.165, 1.54) is 23.7 Å². The van der Waals surface area contributed by atoms with Crippen LogP contribution < -0.4 is 15.4 Å². The van der Waals surface area contributed by atoms with E-state index in [1.807, 2.05) is 31.2 Å². The Kier molecular flexibility index (Phi) is 17.9. The second-order valence-corrected chi connectivity index (χ2v) is 17.9. The Labute approximate surface area is 358 Å². The number of esters is 1. The fourth-order valence-corrected chi connectivity index (χ4v) is 10.2. The van der Waals surface area contributed by atoms with Crippen molar-refractivity contribution in [1.82, 2.24) is 15.5 Å². The molecule has 4 N–H and O–H groups in total. The second kappa shape index (κ2) is 23.0. The molecule has 0 bridgehead atoms. The molecule has 4 amide bonds. The molecule has 1 unspecified atom stereocenters. The third-order valence-electron chi connectivity index (χ3n) is 12.4. The summed E-state index contributed by atoms with van der Waals surface area (Å²) >= 11 is 1.49. The summed E-state index contributed by atoms with van der Waals surface area (Å²) in [7, 11) is 1.52. The van der Waals surface area contributed by atoms with Crippen LogP contribution in [-0.2, 0) is 39.9 Å². The predicted molar refractivity (Wildman–Crippen MR) is 228 cm³/mol. The summed E-state index contributed by atoms with van der Waals surface area (Å²) in [6.45, 7) is 4.32. The first-order valence-corrected chi connectivity index (χ1v) is 22.9. The predicted octanol–water partition coefficient (Wildman–Crippen LogP) is 5.32. The molecule has 328 valence electrons. The molecule has 0 aromatic heterocycles. The number of imide groups is 1. The monoisotopic (exact) mass is 849 g/mol. The zero-order valence-electron chi connectivity index (χ0n) is 35.3. The first-order chi connectivity index (χ1) is 28.9. The van der Waals surface area contributed by atoms with Crippen LogP contribution in [0.3, 0.4) is 0 Å². The van der Waals surface area contributed by atoms with Crippen LogP contribution >= 0.6 is 11.8 Å². The lowest BCUT2D eigenvalue weighted by atomic mass is 9.78. The standard InChI is InChI=1S/C46H63N3O10S/c1-4-5-14-29(2)35(50)22-21-33-36(27-37-42(33)34-19-12-15-30(43(34)58-37)16-13-20-41(53)54)59-46(57)32-18-9-8-17-31(32)44(55)48-24-10-6-7-11-26-60-38-28-40(52)49(45(38)56)25-23-39(51)47-3/h12,15,19,21-22,29,31-33,35-38,42,50H,6-11,13-14,16-18,20,23-28H2,1-3H3,(H,47,51)(H,48,55)(H,53,54)/b22-21+/t29-,31+,32-,33+,35-,36-,37+,38?,42+/m1/s1. The molecule has 4 aliphatic rings. The molecule has 0 radical (unpaired) electrons. The lowest BCUT2D eigenvalue weighted by molar-refractivity contribution is -0.161. The molecular weight excluding hydrogens is 787 g/mol. The Balaban J connectivity index is 1.12. The largest absolute Gasteiger partial charge is 0.489 e. The van der Waals surface area contributed by atoms with Gasteiger partial charge in [-0.05, 0) is 62.7 Å². The van der Waals surface area contributed by atoms with E-state index in [1.54, 1.807) is 13.0 Å². The van der Waals surface area contributed by atoms with Crippen molar-refractivity contribution < 1.29 is 48.5 Å². The Morgan fingerprint density at radius 3 is 2.58 bits per heavy atom. The number of nitrogens with zero attached hydrogens (tertiary/aromatic N) is 1. The van der Waals surface area contributed by atoms with Gasteiger partial charge >= 0.3 is 11.9 Å². The molecule has 13 nitrogen and oxygen atoms in total. The van der Waals surface area contributed by atoms with Gasteiger partial charge in [0.15, 0.2) is 0 Å². The minimum Gasteiger partial charge on any atom is -0.489 e. The van der Waals surface area contributed by atoms with Crippen molar-refractivity contribution in [2.75, 3.05) is 25.9 Å². The van der Waals surface area contributed by atoms with E-state index in [4.69, 9.17) is 9.47 Å². The van der Waals surface area contributed by atoms with E-state index in [-0.39, 0.29) is 79.3 Å². The number of fused-ring (bicyclic) bond motifs is 3. The number of carbonyl (C=O) groups is 6. The van der Waals surface area contributed by atoms with Crippen LogP contribution in [0.25, 0.3) is 0 Å². The molecular formula is C46H63N3O10S. The van der Waals surface area contributed by atoms with E-state index >= 15 is 0 Å². The van der Waals surface area contributed by atoms with Crippen LogP contribution in [0.1, 0.15) is 121 Å². The number of carbonyl (C=O) groups excluding carboxylic acids is 5. The van der Waals surface area contributed by atoms with Gasteiger partial charge in [-0.15, -0.1) is 23.6 Å². The van der Waals surface area contributed by atoms with Gasteiger partial charge in [-0.25, -0.2) is 0 Å². The number of ether oxygens (including phenoxy) is 2. The van der Waals surface area contributed by atoms with Gasteiger partial charge in [0.1, 0.15) is 18.0 Å². The number of hydrogen-bond donors (Lipinski definition) is 4. The summed E-state index contributed by atoms with van der Waals surface area (Å²) in [6.07, 6.45) is 11.0. The topological polar surface area (TPSA) is 189 Å². The Bertz CT molecular complexity index is 1790. The van der Waals surface area contributed by atoms with Crippen LogP contribution in [0.4, 0.5) is 0 Å². The number of benzene rings is 1. The maximum absolute atomic E-state index is 14.0. The third kappa shape index (κ3) is 12.4. The first kappa shape index (κ1) is 46.7. The molecule has 2 saturated carbocycles. The molecule has 2 aliphatic carbocycles. The number of amides is 4. The van der Waals surface area contributed by atoms with Gasteiger partial charge in [0.25, 0.3) is 0 Å². The van der Waals surface area contributed by atoms with Crippen LogP contribution in [0.5, 0.6) is 5.75 Å². The van der Waals surface area contributed by atoms with E-state index in [9.17, 15) is 39.0 Å². The number of aliphatic hydroxyl groups is 1. The number of carboxylic acids is 1. The average Bonchev–Trinajstić information content (AvgIpc) is 3.86. The Morgan fingerprint density at radius 1 is 1.07 bits per heavy atom. The summed E-state index contributed by atoms with van der Waals surface area (Å²) in [4.78, 5) is 76.4. The normalized spacial score (nSPS) is 25.5.